The summed E-state index contributed by atoms with van der Waals surface area (Å²) < 4.78 is 0.253. The SMILES string of the molecule is O=C(O)c1cccc(N2C(=O)/C(=C\C(Cl)=C\c3ccc([N+](=O)[O-])cc3)SC2=S)c1. The van der Waals surface area contributed by atoms with E-state index < -0.39 is 16.8 Å². The Morgan fingerprint density at radius 2 is 1.93 bits per heavy atom. The van der Waals surface area contributed by atoms with Crippen LogP contribution in [0.2, 0.25) is 0 Å². The van der Waals surface area contributed by atoms with E-state index in [0.29, 0.717) is 11.3 Å². The number of aromatic carboxylic acids is 1. The molecule has 1 aliphatic rings. The molecule has 0 radical (unpaired) electrons. The third-order valence-electron chi connectivity index (χ3n) is 3.82. The number of nitrogens with zero attached hydrogens (tertiary/aromatic N) is 2. The highest BCUT2D eigenvalue weighted by Crippen LogP contribution is 2.36. The monoisotopic (exact) mass is 446 g/mol. The van der Waals surface area contributed by atoms with Crippen LogP contribution < -0.4 is 4.90 Å². The number of nitro groups is 1. The van der Waals surface area contributed by atoms with Gasteiger partial charge in [0.15, 0.2) is 4.32 Å². The fourth-order valence-electron chi connectivity index (χ4n) is 2.49. The van der Waals surface area contributed by atoms with E-state index in [1.54, 1.807) is 12.1 Å². The Morgan fingerprint density at radius 3 is 2.55 bits per heavy atom. The first-order chi connectivity index (χ1) is 13.8. The molecule has 0 atom stereocenters. The number of hydrogen-bond acceptors (Lipinski definition) is 6. The highest BCUT2D eigenvalue weighted by molar-refractivity contribution is 8.27. The van der Waals surface area contributed by atoms with Crippen LogP contribution in [0.4, 0.5) is 11.4 Å². The van der Waals surface area contributed by atoms with Crippen LogP contribution in [0.5, 0.6) is 0 Å². The number of benzene rings is 2. The van der Waals surface area contributed by atoms with Crippen molar-refractivity contribution in [2.75, 3.05) is 4.90 Å². The Bertz CT molecular complexity index is 1100. The number of non-ortho nitro benzene ring substituents is 1. The summed E-state index contributed by atoms with van der Waals surface area (Å²) in [5, 5.41) is 20.1. The number of thioether (sulfide) groups is 1. The molecular formula is C19H11ClN2O5S2. The lowest BCUT2D eigenvalue weighted by atomic mass is 10.2. The van der Waals surface area contributed by atoms with E-state index in [9.17, 15) is 19.7 Å². The predicted octanol–water partition coefficient (Wildman–Crippen LogP) is 4.82. The maximum atomic E-state index is 12.7. The average Bonchev–Trinajstić information content (AvgIpc) is 2.95. The van der Waals surface area contributed by atoms with Crippen molar-refractivity contribution in [2.45, 2.75) is 0 Å². The Morgan fingerprint density at radius 1 is 1.24 bits per heavy atom. The van der Waals surface area contributed by atoms with E-state index in [4.69, 9.17) is 28.9 Å². The number of carboxylic acids is 1. The van der Waals surface area contributed by atoms with Crippen LogP contribution in [0.15, 0.2) is 64.5 Å². The highest BCUT2D eigenvalue weighted by atomic mass is 35.5. The number of nitro benzene ring substituents is 1. The van der Waals surface area contributed by atoms with Gasteiger partial charge in [0.1, 0.15) is 0 Å². The van der Waals surface area contributed by atoms with Gasteiger partial charge in [-0.2, -0.15) is 0 Å². The zero-order valence-electron chi connectivity index (χ0n) is 14.4. The number of carbonyl (C=O) groups is 2. The fourth-order valence-corrected chi connectivity index (χ4v) is 4.08. The quantitative estimate of drug-likeness (QED) is 0.304. The second kappa shape index (κ2) is 8.56. The van der Waals surface area contributed by atoms with Gasteiger partial charge < -0.3 is 5.11 Å². The minimum absolute atomic E-state index is 0.0385. The molecule has 29 heavy (non-hydrogen) atoms. The minimum Gasteiger partial charge on any atom is -0.478 e. The van der Waals surface area contributed by atoms with Crippen LogP contribution in [-0.4, -0.2) is 26.2 Å². The smallest absolute Gasteiger partial charge is 0.335 e. The Kier molecular flexibility index (Phi) is 6.12. The summed E-state index contributed by atoms with van der Waals surface area (Å²) in [5.74, 6) is -1.53. The first-order valence-electron chi connectivity index (χ1n) is 7.99. The van der Waals surface area contributed by atoms with Crippen molar-refractivity contribution < 1.29 is 19.6 Å². The van der Waals surface area contributed by atoms with Gasteiger partial charge in [0.05, 0.1) is 21.1 Å². The van der Waals surface area contributed by atoms with Crippen molar-refractivity contribution in [3.8, 4) is 0 Å². The standard InChI is InChI=1S/C19H11ClN2O5S2/c20-13(8-11-4-6-14(7-5-11)22(26)27)10-16-17(23)21(19(28)29-16)15-3-1-2-12(9-15)18(24)25/h1-10H,(H,24,25)/b13-8-,16-10+. The molecule has 7 nitrogen and oxygen atoms in total. The van der Waals surface area contributed by atoms with Gasteiger partial charge in [-0.15, -0.1) is 0 Å². The van der Waals surface area contributed by atoms with Crippen molar-refractivity contribution in [3.05, 3.63) is 85.8 Å². The first kappa shape index (κ1) is 20.7. The lowest BCUT2D eigenvalue weighted by Gasteiger charge is -2.14. The molecule has 1 N–H and O–H groups in total. The number of allylic oxidation sites excluding steroid dienone is 2. The van der Waals surface area contributed by atoms with Crippen molar-refractivity contribution in [1.82, 2.24) is 0 Å². The molecule has 3 rings (SSSR count). The number of anilines is 1. The molecule has 0 bridgehead atoms. The summed E-state index contributed by atoms with van der Waals surface area (Å²) in [5.41, 5.74) is 0.979. The molecule has 10 heteroatoms. The lowest BCUT2D eigenvalue weighted by molar-refractivity contribution is -0.384. The van der Waals surface area contributed by atoms with E-state index in [1.165, 1.54) is 53.4 Å². The van der Waals surface area contributed by atoms with Gasteiger partial charge in [0.2, 0.25) is 0 Å². The lowest BCUT2D eigenvalue weighted by Crippen LogP contribution is -2.27. The van der Waals surface area contributed by atoms with Gasteiger partial charge >= 0.3 is 5.97 Å². The van der Waals surface area contributed by atoms with Crippen molar-refractivity contribution in [1.29, 1.82) is 0 Å². The van der Waals surface area contributed by atoms with Gasteiger partial charge in [-0.1, -0.05) is 41.6 Å². The van der Waals surface area contributed by atoms with Gasteiger partial charge in [0, 0.05) is 17.2 Å². The first-order valence-corrected chi connectivity index (χ1v) is 9.59. The summed E-state index contributed by atoms with van der Waals surface area (Å²) in [6.45, 7) is 0. The topological polar surface area (TPSA) is 101 Å². The second-order valence-corrected chi connectivity index (χ2v) is 7.86. The summed E-state index contributed by atoms with van der Waals surface area (Å²) in [6, 6.07) is 11.7. The molecule has 2 aromatic rings. The predicted molar refractivity (Wildman–Crippen MR) is 116 cm³/mol. The van der Waals surface area contributed by atoms with E-state index >= 15 is 0 Å². The summed E-state index contributed by atoms with van der Waals surface area (Å²) >= 11 is 12.5. The Labute approximate surface area is 179 Å². The molecule has 1 amide bonds. The van der Waals surface area contributed by atoms with E-state index in [-0.39, 0.29) is 25.5 Å². The number of thiocarbonyl (C=S) groups is 1. The van der Waals surface area contributed by atoms with Gasteiger partial charge in [0.25, 0.3) is 11.6 Å². The number of amides is 1. The van der Waals surface area contributed by atoms with Gasteiger partial charge in [-0.25, -0.2) is 4.79 Å². The van der Waals surface area contributed by atoms with Crippen LogP contribution in [-0.2, 0) is 4.79 Å². The van der Waals surface area contributed by atoms with E-state index in [1.807, 2.05) is 0 Å². The number of hydrogen-bond donors (Lipinski definition) is 1. The third kappa shape index (κ3) is 4.70. The molecule has 2 aromatic carbocycles. The summed E-state index contributed by atoms with van der Waals surface area (Å²) in [7, 11) is 0. The molecular weight excluding hydrogens is 436 g/mol. The molecule has 0 saturated carbocycles. The second-order valence-electron chi connectivity index (χ2n) is 5.75. The number of carbonyl (C=O) groups excluding carboxylic acids is 1. The van der Waals surface area contributed by atoms with Crippen molar-refractivity contribution in [3.63, 3.8) is 0 Å². The third-order valence-corrected chi connectivity index (χ3v) is 5.34. The van der Waals surface area contributed by atoms with Crippen LogP contribution in [0.1, 0.15) is 15.9 Å². The van der Waals surface area contributed by atoms with Gasteiger partial charge in [-0.05, 0) is 48.0 Å². The molecule has 0 unspecified atom stereocenters. The highest BCUT2D eigenvalue weighted by Gasteiger charge is 2.33. The maximum absolute atomic E-state index is 12.7. The molecule has 1 saturated heterocycles. The van der Waals surface area contributed by atoms with Crippen LogP contribution >= 0.6 is 35.6 Å². The fraction of sp³-hybridized carbons (Fsp3) is 0. The molecule has 0 aromatic heterocycles. The minimum atomic E-state index is -1.11. The molecule has 1 heterocycles. The zero-order valence-corrected chi connectivity index (χ0v) is 16.8. The summed E-state index contributed by atoms with van der Waals surface area (Å²) in [6.07, 6.45) is 3.01. The van der Waals surface area contributed by atoms with Crippen LogP contribution in [0.25, 0.3) is 6.08 Å². The van der Waals surface area contributed by atoms with Crippen LogP contribution in [0.3, 0.4) is 0 Å². The molecule has 0 spiro atoms. The van der Waals surface area contributed by atoms with E-state index in [0.717, 1.165) is 11.8 Å². The average molecular weight is 447 g/mol. The largest absolute Gasteiger partial charge is 0.478 e. The van der Waals surface area contributed by atoms with Crippen molar-refractivity contribution in [2.24, 2.45) is 0 Å². The van der Waals surface area contributed by atoms with Crippen LogP contribution in [0, 0.1) is 10.1 Å². The Hall–Kier alpha value is -3.01. The molecule has 1 aliphatic heterocycles. The van der Waals surface area contributed by atoms with E-state index in [2.05, 4.69) is 0 Å². The number of rotatable bonds is 5. The zero-order chi connectivity index (χ0) is 21.1. The molecule has 1 fully saturated rings. The maximum Gasteiger partial charge on any atom is 0.335 e. The Balaban J connectivity index is 1.84. The number of halogens is 1. The molecule has 0 aliphatic carbocycles. The van der Waals surface area contributed by atoms with Crippen molar-refractivity contribution >= 4 is 69.2 Å². The summed E-state index contributed by atoms with van der Waals surface area (Å²) in [4.78, 5) is 35.6. The normalized spacial score (nSPS) is 15.8. The number of carboxylic acid groups (broad SMARTS) is 1. The molecule has 146 valence electrons. The van der Waals surface area contributed by atoms with Gasteiger partial charge in [-0.3, -0.25) is 19.8 Å².